The number of hydrogen-bond donors (Lipinski definition) is 1. The summed E-state index contributed by atoms with van der Waals surface area (Å²) in [5.74, 6) is -2.05. The predicted molar refractivity (Wildman–Crippen MR) is 118 cm³/mol. The number of hydrogen-bond acceptors (Lipinski definition) is 7. The van der Waals surface area contributed by atoms with Crippen LogP contribution >= 0.6 is 0 Å². The first-order valence-corrected chi connectivity index (χ1v) is 11.4. The fourth-order valence-corrected chi connectivity index (χ4v) is 4.25. The molecule has 4 rings (SSSR count). The van der Waals surface area contributed by atoms with Crippen LogP contribution < -0.4 is 0 Å². The molecule has 1 spiro atoms. The number of ether oxygens (including phenoxy) is 1. The molecule has 0 radical (unpaired) electrons. The molecule has 0 saturated carbocycles. The summed E-state index contributed by atoms with van der Waals surface area (Å²) in [6, 6.07) is 0. The highest BCUT2D eigenvalue weighted by atomic mass is 19.4. The quantitative estimate of drug-likeness (QED) is 0.655. The molecule has 2 aliphatic heterocycles. The summed E-state index contributed by atoms with van der Waals surface area (Å²) in [4.78, 5) is 50.7. The van der Waals surface area contributed by atoms with Crippen molar-refractivity contribution in [2.24, 2.45) is 0 Å². The van der Waals surface area contributed by atoms with Gasteiger partial charge in [0, 0.05) is 63.8 Å². The van der Waals surface area contributed by atoms with E-state index in [9.17, 15) is 22.8 Å². The number of carbonyl (C=O) groups is 3. The number of piperidine rings is 1. The van der Waals surface area contributed by atoms with Crippen molar-refractivity contribution >= 4 is 17.8 Å². The van der Waals surface area contributed by atoms with Crippen LogP contribution in [0, 0.1) is 0 Å². The van der Waals surface area contributed by atoms with Gasteiger partial charge in [0.2, 0.25) is 0 Å². The lowest BCUT2D eigenvalue weighted by Crippen LogP contribution is -2.55. The number of amides is 2. The van der Waals surface area contributed by atoms with E-state index in [1.54, 1.807) is 22.2 Å². The fraction of sp³-hybridized carbons (Fsp3) is 0.545. The summed E-state index contributed by atoms with van der Waals surface area (Å²) in [6.45, 7) is 6.73. The Morgan fingerprint density at radius 3 is 2.31 bits per heavy atom. The van der Waals surface area contributed by atoms with Gasteiger partial charge < -0.3 is 24.2 Å². The standard InChI is InChI=1S/C20H26N6O3.C2HF3O2/c1-3-24(4-2)18(28)16-14-26-12-9-23-19(26)20(29-16)5-10-25(11-6-20)17(27)15-13-21-7-8-22-15;3-2(4,5)1(6)7/h7-9,12-13,16H,3-6,10-11,14H2,1-2H3;(H,6,7). The van der Waals surface area contributed by atoms with Crippen molar-refractivity contribution < 1.29 is 37.4 Å². The van der Waals surface area contributed by atoms with Crippen LogP contribution in [-0.4, -0.2) is 90.7 Å². The molecule has 0 aliphatic carbocycles. The Morgan fingerprint density at radius 1 is 1.14 bits per heavy atom. The molecule has 196 valence electrons. The fourth-order valence-electron chi connectivity index (χ4n) is 4.25. The van der Waals surface area contributed by atoms with Crippen molar-refractivity contribution in [2.75, 3.05) is 26.2 Å². The number of carboxylic acids is 1. The summed E-state index contributed by atoms with van der Waals surface area (Å²) in [5, 5.41) is 7.12. The Hall–Kier alpha value is -3.55. The Kier molecular flexibility index (Phi) is 8.28. The number of nitrogens with zero attached hydrogens (tertiary/aromatic N) is 6. The number of aromatic nitrogens is 4. The van der Waals surface area contributed by atoms with Gasteiger partial charge in [-0.05, 0) is 13.8 Å². The number of rotatable bonds is 4. The second kappa shape index (κ2) is 11.0. The number of aliphatic carboxylic acids is 1. The molecule has 14 heteroatoms. The van der Waals surface area contributed by atoms with Crippen LogP contribution in [0.2, 0.25) is 0 Å². The van der Waals surface area contributed by atoms with Gasteiger partial charge in [0.25, 0.3) is 11.8 Å². The minimum atomic E-state index is -5.08. The molecular weight excluding hydrogens is 485 g/mol. The minimum Gasteiger partial charge on any atom is -0.475 e. The van der Waals surface area contributed by atoms with Crippen LogP contribution in [0.15, 0.2) is 31.0 Å². The molecular formula is C22H27F3N6O5. The molecule has 1 saturated heterocycles. The molecule has 2 aromatic heterocycles. The van der Waals surface area contributed by atoms with E-state index in [4.69, 9.17) is 14.6 Å². The summed E-state index contributed by atoms with van der Waals surface area (Å²) in [7, 11) is 0. The summed E-state index contributed by atoms with van der Waals surface area (Å²) in [5.41, 5.74) is -0.321. The topological polar surface area (TPSA) is 131 Å². The number of likely N-dealkylation sites (N-methyl/N-ethyl adjacent to an activating group) is 1. The average Bonchev–Trinajstić information content (AvgIpc) is 3.35. The third-order valence-corrected chi connectivity index (χ3v) is 6.09. The van der Waals surface area contributed by atoms with E-state index in [0.29, 0.717) is 51.3 Å². The average molecular weight is 512 g/mol. The highest BCUT2D eigenvalue weighted by Crippen LogP contribution is 2.40. The minimum absolute atomic E-state index is 0.00629. The van der Waals surface area contributed by atoms with Gasteiger partial charge in [0.05, 0.1) is 12.7 Å². The maximum atomic E-state index is 13.0. The zero-order valence-electron chi connectivity index (χ0n) is 19.8. The molecule has 1 N–H and O–H groups in total. The van der Waals surface area contributed by atoms with Crippen LogP contribution in [0.4, 0.5) is 13.2 Å². The van der Waals surface area contributed by atoms with Crippen molar-refractivity contribution in [3.63, 3.8) is 0 Å². The number of fused-ring (bicyclic) bond motifs is 2. The Bertz CT molecular complexity index is 1070. The zero-order chi connectivity index (χ0) is 26.5. The van der Waals surface area contributed by atoms with Gasteiger partial charge in [-0.3, -0.25) is 14.6 Å². The maximum absolute atomic E-state index is 13.0. The van der Waals surface area contributed by atoms with Crippen LogP contribution in [0.25, 0.3) is 0 Å². The van der Waals surface area contributed by atoms with E-state index >= 15 is 0 Å². The molecule has 2 amide bonds. The molecule has 1 fully saturated rings. The zero-order valence-corrected chi connectivity index (χ0v) is 19.8. The third kappa shape index (κ3) is 5.80. The first kappa shape index (κ1) is 27.0. The van der Waals surface area contributed by atoms with Gasteiger partial charge in [0.15, 0.2) is 6.10 Å². The lowest BCUT2D eigenvalue weighted by Gasteiger charge is -2.46. The second-order valence-electron chi connectivity index (χ2n) is 8.20. The van der Waals surface area contributed by atoms with Crippen LogP contribution in [-0.2, 0) is 26.5 Å². The van der Waals surface area contributed by atoms with E-state index in [-0.39, 0.29) is 11.8 Å². The molecule has 0 bridgehead atoms. The van der Waals surface area contributed by atoms with Crippen molar-refractivity contribution in [1.82, 2.24) is 29.3 Å². The third-order valence-electron chi connectivity index (χ3n) is 6.09. The van der Waals surface area contributed by atoms with Crippen LogP contribution in [0.3, 0.4) is 0 Å². The maximum Gasteiger partial charge on any atom is 0.490 e. The highest BCUT2D eigenvalue weighted by molar-refractivity contribution is 5.92. The lowest BCUT2D eigenvalue weighted by atomic mass is 9.88. The first-order chi connectivity index (χ1) is 17.0. The SMILES string of the molecule is CCN(CC)C(=O)C1Cn2ccnc2C2(CCN(C(=O)c3cnccn3)CC2)O1.O=C(O)C(F)(F)F. The molecule has 36 heavy (non-hydrogen) atoms. The van der Waals surface area contributed by atoms with E-state index < -0.39 is 23.9 Å². The van der Waals surface area contributed by atoms with E-state index in [0.717, 1.165) is 5.82 Å². The number of likely N-dealkylation sites (tertiary alicyclic amines) is 1. The summed E-state index contributed by atoms with van der Waals surface area (Å²) >= 11 is 0. The summed E-state index contributed by atoms with van der Waals surface area (Å²) < 4.78 is 40.2. The number of alkyl halides is 3. The summed E-state index contributed by atoms with van der Waals surface area (Å²) in [6.07, 6.45) is 3.74. The van der Waals surface area contributed by atoms with Gasteiger partial charge in [-0.15, -0.1) is 0 Å². The normalized spacial score (nSPS) is 18.6. The molecule has 11 nitrogen and oxygen atoms in total. The Morgan fingerprint density at radius 2 is 1.78 bits per heavy atom. The number of carboxylic acid groups (broad SMARTS) is 1. The molecule has 1 unspecified atom stereocenters. The van der Waals surface area contributed by atoms with Gasteiger partial charge in [-0.25, -0.2) is 14.8 Å². The van der Waals surface area contributed by atoms with Crippen molar-refractivity contribution in [2.45, 2.75) is 51.1 Å². The van der Waals surface area contributed by atoms with Crippen molar-refractivity contribution in [3.8, 4) is 0 Å². The predicted octanol–water partition coefficient (Wildman–Crippen LogP) is 1.71. The Labute approximate surface area is 204 Å². The number of halogens is 3. The smallest absolute Gasteiger partial charge is 0.475 e. The van der Waals surface area contributed by atoms with Gasteiger partial charge in [-0.2, -0.15) is 13.2 Å². The monoisotopic (exact) mass is 512 g/mol. The highest BCUT2D eigenvalue weighted by Gasteiger charge is 2.48. The molecule has 1 atom stereocenters. The van der Waals surface area contributed by atoms with Gasteiger partial charge in [-0.1, -0.05) is 0 Å². The molecule has 0 aromatic carbocycles. The second-order valence-corrected chi connectivity index (χ2v) is 8.20. The number of carbonyl (C=O) groups excluding carboxylic acids is 2. The van der Waals surface area contributed by atoms with Crippen LogP contribution in [0.1, 0.15) is 43.0 Å². The lowest BCUT2D eigenvalue weighted by molar-refractivity contribution is -0.192. The number of imidazole rings is 1. The van der Waals surface area contributed by atoms with Crippen LogP contribution in [0.5, 0.6) is 0 Å². The molecule has 2 aromatic rings. The van der Waals surface area contributed by atoms with E-state index in [2.05, 4.69) is 15.0 Å². The first-order valence-electron chi connectivity index (χ1n) is 11.4. The Balaban J connectivity index is 0.000000454. The van der Waals surface area contributed by atoms with Gasteiger partial charge >= 0.3 is 12.1 Å². The van der Waals surface area contributed by atoms with Crippen molar-refractivity contribution in [1.29, 1.82) is 0 Å². The van der Waals surface area contributed by atoms with E-state index in [1.807, 2.05) is 24.6 Å². The van der Waals surface area contributed by atoms with E-state index in [1.165, 1.54) is 12.4 Å². The van der Waals surface area contributed by atoms with Gasteiger partial charge in [0.1, 0.15) is 17.1 Å². The molecule has 2 aliphatic rings. The molecule has 4 heterocycles. The van der Waals surface area contributed by atoms with Crippen molar-refractivity contribution in [3.05, 3.63) is 42.5 Å². The largest absolute Gasteiger partial charge is 0.490 e.